The number of hydrogen-bond acceptors (Lipinski definition) is 2. The molecule has 0 saturated carbocycles. The van der Waals surface area contributed by atoms with Crippen LogP contribution in [-0.4, -0.2) is 19.0 Å². The Kier molecular flexibility index (Phi) is 6.06. The van der Waals surface area contributed by atoms with E-state index in [1.54, 1.807) is 0 Å². The van der Waals surface area contributed by atoms with Gasteiger partial charge in [-0.3, -0.25) is 8.52 Å². The van der Waals surface area contributed by atoms with E-state index in [9.17, 15) is 0 Å². The molecule has 5 heteroatoms. The molecule has 0 saturated heterocycles. The first-order valence-electron chi connectivity index (χ1n) is 2.66. The van der Waals surface area contributed by atoms with E-state index < -0.39 is 0 Å². The highest BCUT2D eigenvalue weighted by Crippen LogP contribution is 1.79. The average molecular weight is 242 g/mol. The van der Waals surface area contributed by atoms with Gasteiger partial charge >= 0.3 is 0 Å². The van der Waals surface area contributed by atoms with E-state index in [2.05, 4.69) is 31.4 Å². The number of aliphatic imine (C=N–C) groups is 1. The summed E-state index contributed by atoms with van der Waals surface area (Å²) in [6.45, 7) is 1.65. The highest BCUT2D eigenvalue weighted by Gasteiger charge is 1.82. The van der Waals surface area contributed by atoms with Crippen molar-refractivity contribution in [3.05, 3.63) is 0 Å². The van der Waals surface area contributed by atoms with Gasteiger partial charge in [-0.25, -0.2) is 0 Å². The zero-order chi connectivity index (χ0) is 7.11. The van der Waals surface area contributed by atoms with Crippen LogP contribution >= 0.6 is 22.9 Å². The molecule has 0 fully saturated rings. The average Bonchev–Trinajstić information content (AvgIpc) is 1.80. The first-order valence-corrected chi connectivity index (χ1v) is 3.74. The molecule has 0 rings (SSSR count). The van der Waals surface area contributed by atoms with Gasteiger partial charge in [0, 0.05) is 36.0 Å². The second kappa shape index (κ2) is 6.09. The Morgan fingerprint density at radius 1 is 1.56 bits per heavy atom. The summed E-state index contributed by atoms with van der Waals surface area (Å²) >= 11 is 2.08. The minimum Gasteiger partial charge on any atom is -0.370 e. The van der Waals surface area contributed by atoms with E-state index >= 15 is 0 Å². The van der Waals surface area contributed by atoms with Crippen LogP contribution in [0.1, 0.15) is 6.42 Å². The van der Waals surface area contributed by atoms with Gasteiger partial charge in [-0.05, 0) is 6.42 Å². The van der Waals surface area contributed by atoms with Gasteiger partial charge in [0.2, 0.25) is 0 Å². The first-order chi connectivity index (χ1) is 4.27. The van der Waals surface area contributed by atoms with Gasteiger partial charge in [0.05, 0.1) is 0 Å². The molecule has 0 aliphatic carbocycles. The fourth-order valence-electron chi connectivity index (χ4n) is 0.354. The zero-order valence-corrected chi connectivity index (χ0v) is 7.26. The molecule has 0 spiro atoms. The largest absolute Gasteiger partial charge is 0.370 e. The zero-order valence-electron chi connectivity index (χ0n) is 5.10. The third-order valence-electron chi connectivity index (χ3n) is 0.724. The molecule has 0 heterocycles. The van der Waals surface area contributed by atoms with Crippen molar-refractivity contribution in [3.63, 3.8) is 0 Å². The Morgan fingerprint density at radius 3 is 2.67 bits per heavy atom. The number of nitrogens with zero attached hydrogens (tertiary/aromatic N) is 1. The van der Waals surface area contributed by atoms with Gasteiger partial charge in [-0.2, -0.15) is 0 Å². The van der Waals surface area contributed by atoms with Crippen LogP contribution in [-0.2, 0) is 0 Å². The topological polar surface area (TPSA) is 76.4 Å². The molecule has 54 valence electrons. The Hall–Kier alpha value is -0.0400. The molecule has 0 amide bonds. The molecular weight excluding hydrogens is 231 g/mol. The lowest BCUT2D eigenvalue weighted by molar-refractivity contribution is 0.822. The molecule has 5 N–H and O–H groups in total. The van der Waals surface area contributed by atoms with E-state index in [0.29, 0.717) is 6.54 Å². The van der Waals surface area contributed by atoms with Crippen molar-refractivity contribution in [1.82, 2.24) is 3.53 Å². The molecule has 0 aromatic rings. The standard InChI is InChI=1S/C4H11IN4/c5-9-3-1-2-8-4(6)7/h9H,1-3H2,(H4,6,7,8). The summed E-state index contributed by atoms with van der Waals surface area (Å²) in [5.74, 6) is 0.170. The molecule has 0 aliphatic heterocycles. The molecule has 0 radical (unpaired) electrons. The van der Waals surface area contributed by atoms with E-state index in [-0.39, 0.29) is 5.96 Å². The molecule has 0 atom stereocenters. The molecule has 0 bridgehead atoms. The van der Waals surface area contributed by atoms with Gasteiger partial charge in [-0.1, -0.05) is 0 Å². The monoisotopic (exact) mass is 242 g/mol. The third-order valence-corrected chi connectivity index (χ3v) is 1.26. The number of rotatable bonds is 4. The number of guanidine groups is 1. The Labute approximate surface area is 68.6 Å². The van der Waals surface area contributed by atoms with Gasteiger partial charge in [0.25, 0.3) is 0 Å². The van der Waals surface area contributed by atoms with Crippen LogP contribution in [0.4, 0.5) is 0 Å². The van der Waals surface area contributed by atoms with Crippen LogP contribution in [0, 0.1) is 0 Å². The van der Waals surface area contributed by atoms with E-state index in [0.717, 1.165) is 13.0 Å². The quantitative estimate of drug-likeness (QED) is 0.206. The molecule has 0 aliphatic rings. The number of nitrogens with one attached hydrogen (secondary N) is 1. The summed E-state index contributed by atoms with van der Waals surface area (Å²) in [5.41, 5.74) is 10.2. The molecular formula is C4H11IN4. The van der Waals surface area contributed by atoms with Crippen LogP contribution in [0.25, 0.3) is 0 Å². The predicted molar refractivity (Wildman–Crippen MR) is 47.3 cm³/mol. The third kappa shape index (κ3) is 7.96. The predicted octanol–water partition coefficient (Wildman–Crippen LogP) is -0.411. The van der Waals surface area contributed by atoms with Crippen molar-refractivity contribution in [2.24, 2.45) is 16.5 Å². The van der Waals surface area contributed by atoms with Crippen molar-refractivity contribution in [3.8, 4) is 0 Å². The number of hydrogen-bond donors (Lipinski definition) is 3. The second-order valence-electron chi connectivity index (χ2n) is 1.54. The molecule has 9 heavy (non-hydrogen) atoms. The summed E-state index contributed by atoms with van der Waals surface area (Å²) in [4.78, 5) is 3.79. The van der Waals surface area contributed by atoms with Crippen molar-refractivity contribution < 1.29 is 0 Å². The van der Waals surface area contributed by atoms with Crippen molar-refractivity contribution in [2.45, 2.75) is 6.42 Å². The Balaban J connectivity index is 3.00. The van der Waals surface area contributed by atoms with Gasteiger partial charge in [-0.15, -0.1) is 0 Å². The molecule has 0 unspecified atom stereocenters. The minimum atomic E-state index is 0.170. The lowest BCUT2D eigenvalue weighted by atomic mass is 10.4. The molecule has 4 nitrogen and oxygen atoms in total. The maximum absolute atomic E-state index is 5.08. The molecule has 0 aromatic carbocycles. The van der Waals surface area contributed by atoms with Crippen LogP contribution in [0.15, 0.2) is 4.99 Å². The van der Waals surface area contributed by atoms with Crippen LogP contribution in [0.5, 0.6) is 0 Å². The van der Waals surface area contributed by atoms with Crippen LogP contribution < -0.4 is 15.0 Å². The van der Waals surface area contributed by atoms with Crippen LogP contribution in [0.3, 0.4) is 0 Å². The summed E-state index contributed by atoms with van der Waals surface area (Å²) in [6, 6.07) is 0. The number of nitrogens with two attached hydrogens (primary N) is 2. The maximum atomic E-state index is 5.08. The first kappa shape index (κ1) is 8.96. The van der Waals surface area contributed by atoms with Crippen molar-refractivity contribution in [1.29, 1.82) is 0 Å². The highest BCUT2D eigenvalue weighted by molar-refractivity contribution is 14.1. The van der Waals surface area contributed by atoms with Crippen LogP contribution in [0.2, 0.25) is 0 Å². The van der Waals surface area contributed by atoms with Crippen molar-refractivity contribution in [2.75, 3.05) is 13.1 Å². The fraction of sp³-hybridized carbons (Fsp3) is 0.750. The van der Waals surface area contributed by atoms with E-state index in [1.807, 2.05) is 0 Å². The SMILES string of the molecule is NC(N)=NCCCNI. The summed E-state index contributed by atoms with van der Waals surface area (Å²) < 4.78 is 2.96. The normalized spacial score (nSPS) is 9.00. The Morgan fingerprint density at radius 2 is 2.22 bits per heavy atom. The smallest absolute Gasteiger partial charge is 0.185 e. The lowest BCUT2D eigenvalue weighted by Crippen LogP contribution is -2.23. The van der Waals surface area contributed by atoms with E-state index in [1.165, 1.54) is 0 Å². The minimum absolute atomic E-state index is 0.170. The number of halogens is 1. The summed E-state index contributed by atoms with van der Waals surface area (Å²) in [6.07, 6.45) is 0.973. The van der Waals surface area contributed by atoms with Gasteiger partial charge in [0.15, 0.2) is 5.96 Å². The molecule has 0 aromatic heterocycles. The summed E-state index contributed by atoms with van der Waals surface area (Å²) in [5, 5.41) is 0. The summed E-state index contributed by atoms with van der Waals surface area (Å²) in [7, 11) is 0. The highest BCUT2D eigenvalue weighted by atomic mass is 127. The van der Waals surface area contributed by atoms with Gasteiger partial charge < -0.3 is 11.5 Å². The maximum Gasteiger partial charge on any atom is 0.185 e. The Bertz CT molecular complexity index is 88.6. The lowest BCUT2D eigenvalue weighted by Gasteiger charge is -1.93. The fourth-order valence-corrected chi connectivity index (χ4v) is 0.735. The van der Waals surface area contributed by atoms with E-state index in [4.69, 9.17) is 11.5 Å². The van der Waals surface area contributed by atoms with Gasteiger partial charge in [0.1, 0.15) is 0 Å². The second-order valence-corrected chi connectivity index (χ2v) is 2.31. The van der Waals surface area contributed by atoms with Crippen molar-refractivity contribution >= 4 is 28.8 Å².